The minimum Gasteiger partial charge on any atom is -0.476 e. The minimum atomic E-state index is -0.735. The van der Waals surface area contributed by atoms with Crippen molar-refractivity contribution in [1.29, 1.82) is 0 Å². The predicted octanol–water partition coefficient (Wildman–Crippen LogP) is 2.51. The van der Waals surface area contributed by atoms with E-state index < -0.39 is 10.5 Å². The second-order valence-corrected chi connectivity index (χ2v) is 5.72. The topological polar surface area (TPSA) is 117 Å². The van der Waals surface area contributed by atoms with Crippen molar-refractivity contribution in [2.75, 3.05) is 0 Å². The molecule has 9 heteroatoms. The number of halogens is 1. The number of nitrogens with zero attached hydrogens (tertiary/aromatic N) is 3. The molecule has 0 unspecified atom stereocenters. The molecule has 0 spiro atoms. The predicted molar refractivity (Wildman–Crippen MR) is 76.6 cm³/mol. The van der Waals surface area contributed by atoms with Gasteiger partial charge in [-0.3, -0.25) is 10.1 Å². The number of benzene rings is 1. The van der Waals surface area contributed by atoms with Gasteiger partial charge in [0.05, 0.1) is 14.9 Å². The summed E-state index contributed by atoms with van der Waals surface area (Å²) in [6.45, 7) is 3.38. The molecule has 0 radical (unpaired) electrons. The van der Waals surface area contributed by atoms with Crippen molar-refractivity contribution >= 4 is 21.6 Å². The van der Waals surface area contributed by atoms with E-state index in [0.717, 1.165) is 0 Å². The highest BCUT2D eigenvalue weighted by molar-refractivity contribution is 9.10. The van der Waals surface area contributed by atoms with Crippen molar-refractivity contribution in [1.82, 2.24) is 10.1 Å². The number of ether oxygens (including phenoxy) is 1. The maximum atomic E-state index is 11.0. The van der Waals surface area contributed by atoms with E-state index in [1.54, 1.807) is 26.0 Å². The fourth-order valence-electron chi connectivity index (χ4n) is 1.49. The molecule has 0 aliphatic carbocycles. The molecule has 0 aliphatic heterocycles. The second kappa shape index (κ2) is 5.78. The van der Waals surface area contributed by atoms with Crippen LogP contribution in [0.1, 0.15) is 25.6 Å². The molecule has 0 aliphatic rings. The quantitative estimate of drug-likeness (QED) is 0.645. The van der Waals surface area contributed by atoms with E-state index in [4.69, 9.17) is 15.0 Å². The molecule has 0 saturated heterocycles. The van der Waals surface area contributed by atoms with Crippen LogP contribution >= 0.6 is 15.9 Å². The van der Waals surface area contributed by atoms with E-state index in [-0.39, 0.29) is 23.9 Å². The third-order valence-electron chi connectivity index (χ3n) is 2.53. The van der Waals surface area contributed by atoms with Gasteiger partial charge in [0.1, 0.15) is 0 Å². The summed E-state index contributed by atoms with van der Waals surface area (Å²) < 4.78 is 10.9. The van der Waals surface area contributed by atoms with Crippen LogP contribution < -0.4 is 10.5 Å². The molecular weight excluding hydrogens is 344 g/mol. The Kier molecular flexibility index (Phi) is 4.24. The van der Waals surface area contributed by atoms with Crippen LogP contribution in [0.4, 0.5) is 5.69 Å². The summed E-state index contributed by atoms with van der Waals surface area (Å²) in [5.74, 6) is 0.630. The molecule has 0 atom stereocenters. The standard InChI is InChI=1S/C12H13BrN4O4/c1-12(2,14)11-15-9(21-16-11)6-20-10-7(13)4-3-5-8(10)17(18)19/h3-5H,6,14H2,1-2H3. The summed E-state index contributed by atoms with van der Waals surface area (Å²) in [5.41, 5.74) is 4.96. The van der Waals surface area contributed by atoms with E-state index >= 15 is 0 Å². The lowest BCUT2D eigenvalue weighted by Gasteiger charge is -2.11. The number of rotatable bonds is 5. The summed E-state index contributed by atoms with van der Waals surface area (Å²) in [5, 5.41) is 14.7. The van der Waals surface area contributed by atoms with E-state index in [0.29, 0.717) is 10.3 Å². The van der Waals surface area contributed by atoms with Crippen LogP contribution in [0.2, 0.25) is 0 Å². The molecule has 2 rings (SSSR count). The zero-order valence-electron chi connectivity index (χ0n) is 11.4. The van der Waals surface area contributed by atoms with E-state index in [9.17, 15) is 10.1 Å². The Balaban J connectivity index is 2.17. The summed E-state index contributed by atoms with van der Waals surface area (Å²) >= 11 is 3.21. The largest absolute Gasteiger partial charge is 0.476 e. The Labute approximate surface area is 128 Å². The molecule has 0 fully saturated rings. The van der Waals surface area contributed by atoms with E-state index in [1.807, 2.05) is 0 Å². The van der Waals surface area contributed by atoms with Crippen molar-refractivity contribution in [3.05, 3.63) is 44.5 Å². The van der Waals surface area contributed by atoms with Gasteiger partial charge in [-0.25, -0.2) is 0 Å². The molecule has 1 aromatic heterocycles. The summed E-state index contributed by atoms with van der Waals surface area (Å²) in [4.78, 5) is 14.5. The Morgan fingerprint density at radius 1 is 1.52 bits per heavy atom. The van der Waals surface area contributed by atoms with E-state index in [2.05, 4.69) is 26.1 Å². The summed E-state index contributed by atoms with van der Waals surface area (Å²) in [7, 11) is 0. The smallest absolute Gasteiger partial charge is 0.312 e. The summed E-state index contributed by atoms with van der Waals surface area (Å²) in [6, 6.07) is 4.55. The number of nitro benzene ring substituents is 1. The van der Waals surface area contributed by atoms with Gasteiger partial charge in [-0.2, -0.15) is 4.98 Å². The van der Waals surface area contributed by atoms with Crippen LogP contribution in [-0.4, -0.2) is 15.1 Å². The molecule has 8 nitrogen and oxygen atoms in total. The molecule has 0 amide bonds. The number of hydrogen-bond donors (Lipinski definition) is 1. The van der Waals surface area contributed by atoms with Crippen LogP contribution in [0.15, 0.2) is 27.2 Å². The molecule has 21 heavy (non-hydrogen) atoms. The van der Waals surface area contributed by atoms with Crippen LogP contribution in [0, 0.1) is 10.1 Å². The third kappa shape index (κ3) is 3.56. The Hall–Kier alpha value is -2.00. The lowest BCUT2D eigenvalue weighted by molar-refractivity contribution is -0.386. The SMILES string of the molecule is CC(C)(N)c1noc(COc2c(Br)cccc2[N+](=O)[O-])n1. The van der Waals surface area contributed by atoms with Gasteiger partial charge in [-0.05, 0) is 35.8 Å². The van der Waals surface area contributed by atoms with Crippen molar-refractivity contribution in [2.45, 2.75) is 26.0 Å². The number of nitrogens with two attached hydrogens (primary N) is 1. The average molecular weight is 357 g/mol. The van der Waals surface area contributed by atoms with Gasteiger partial charge in [0.2, 0.25) is 5.75 Å². The number of para-hydroxylation sites is 1. The van der Waals surface area contributed by atoms with Crippen molar-refractivity contribution < 1.29 is 14.2 Å². The number of aromatic nitrogens is 2. The van der Waals surface area contributed by atoms with Gasteiger partial charge in [0.15, 0.2) is 12.4 Å². The van der Waals surface area contributed by atoms with Crippen LogP contribution in [-0.2, 0) is 12.1 Å². The van der Waals surface area contributed by atoms with Gasteiger partial charge in [-0.1, -0.05) is 11.2 Å². The minimum absolute atomic E-state index is 0.0907. The molecular formula is C12H13BrN4O4. The zero-order chi connectivity index (χ0) is 15.6. The first kappa shape index (κ1) is 15.4. The monoisotopic (exact) mass is 356 g/mol. The van der Waals surface area contributed by atoms with Crippen molar-refractivity contribution in [3.8, 4) is 5.75 Å². The summed E-state index contributed by atoms with van der Waals surface area (Å²) in [6.07, 6.45) is 0. The first-order chi connectivity index (χ1) is 9.79. The Morgan fingerprint density at radius 3 is 2.81 bits per heavy atom. The molecule has 0 bridgehead atoms. The second-order valence-electron chi connectivity index (χ2n) is 4.87. The highest BCUT2D eigenvalue weighted by Gasteiger charge is 2.23. The highest BCUT2D eigenvalue weighted by Crippen LogP contribution is 2.35. The van der Waals surface area contributed by atoms with Gasteiger partial charge in [0.25, 0.3) is 5.89 Å². The van der Waals surface area contributed by atoms with Crippen molar-refractivity contribution in [3.63, 3.8) is 0 Å². The van der Waals surface area contributed by atoms with Crippen molar-refractivity contribution in [2.24, 2.45) is 5.73 Å². The van der Waals surface area contributed by atoms with E-state index in [1.165, 1.54) is 6.07 Å². The molecule has 1 heterocycles. The molecule has 1 aromatic carbocycles. The maximum absolute atomic E-state index is 11.0. The normalized spacial score (nSPS) is 11.4. The first-order valence-electron chi connectivity index (χ1n) is 5.96. The molecule has 2 N–H and O–H groups in total. The Morgan fingerprint density at radius 2 is 2.24 bits per heavy atom. The first-order valence-corrected chi connectivity index (χ1v) is 6.76. The maximum Gasteiger partial charge on any atom is 0.312 e. The lowest BCUT2D eigenvalue weighted by Crippen LogP contribution is -2.30. The van der Waals surface area contributed by atoms with Gasteiger partial charge in [-0.15, -0.1) is 0 Å². The van der Waals surface area contributed by atoms with Crippen LogP contribution in [0.5, 0.6) is 5.75 Å². The van der Waals surface area contributed by atoms with Crippen LogP contribution in [0.3, 0.4) is 0 Å². The van der Waals surface area contributed by atoms with Gasteiger partial charge >= 0.3 is 5.69 Å². The fourth-order valence-corrected chi connectivity index (χ4v) is 1.96. The molecule has 0 saturated carbocycles. The zero-order valence-corrected chi connectivity index (χ0v) is 13.0. The number of nitro groups is 1. The Bertz CT molecular complexity index is 666. The third-order valence-corrected chi connectivity index (χ3v) is 3.15. The molecule has 2 aromatic rings. The highest BCUT2D eigenvalue weighted by atomic mass is 79.9. The van der Waals surface area contributed by atoms with Crippen LogP contribution in [0.25, 0.3) is 0 Å². The average Bonchev–Trinajstić information content (AvgIpc) is 2.85. The molecule has 112 valence electrons. The number of hydrogen-bond acceptors (Lipinski definition) is 7. The van der Waals surface area contributed by atoms with Gasteiger partial charge < -0.3 is 15.0 Å². The fraction of sp³-hybridized carbons (Fsp3) is 0.333. The lowest BCUT2D eigenvalue weighted by atomic mass is 10.1. The van der Waals surface area contributed by atoms with Gasteiger partial charge in [0, 0.05) is 6.07 Å².